The van der Waals surface area contributed by atoms with Crippen molar-refractivity contribution in [2.45, 2.75) is 12.8 Å². The number of anilines is 1. The third-order valence-electron chi connectivity index (χ3n) is 5.47. The summed E-state index contributed by atoms with van der Waals surface area (Å²) in [5.74, 6) is 0.997. The van der Waals surface area contributed by atoms with Gasteiger partial charge < -0.3 is 14.2 Å². The summed E-state index contributed by atoms with van der Waals surface area (Å²) in [4.78, 5) is 24.2. The van der Waals surface area contributed by atoms with Gasteiger partial charge >= 0.3 is 6.01 Å². The number of pyridine rings is 1. The highest BCUT2D eigenvalue weighted by Crippen LogP contribution is 2.32. The van der Waals surface area contributed by atoms with Crippen molar-refractivity contribution in [3.05, 3.63) is 78.6 Å². The molecule has 0 unspecified atom stereocenters. The lowest BCUT2D eigenvalue weighted by Gasteiger charge is -2.07. The van der Waals surface area contributed by atoms with Gasteiger partial charge in [-0.15, -0.1) is 0 Å². The lowest BCUT2D eigenvalue weighted by molar-refractivity contribution is -0.120. The van der Waals surface area contributed by atoms with E-state index in [0.29, 0.717) is 12.2 Å². The Morgan fingerprint density at radius 3 is 2.62 bits per heavy atom. The monoisotopic (exact) mass is 454 g/mol. The zero-order chi connectivity index (χ0) is 23.3. The first-order chi connectivity index (χ1) is 16.7. The molecule has 5 rings (SSSR count). The number of aryl methyl sites for hydroxylation is 1. The van der Waals surface area contributed by atoms with Crippen molar-refractivity contribution in [3.8, 4) is 28.4 Å². The zero-order valence-electron chi connectivity index (χ0n) is 18.4. The highest BCUT2D eigenvalue weighted by molar-refractivity contribution is 5.91. The van der Waals surface area contributed by atoms with Gasteiger partial charge in [-0.25, -0.2) is 5.43 Å². The van der Waals surface area contributed by atoms with Gasteiger partial charge in [0.25, 0.3) is 0 Å². The molecular formula is C25H22N6O3. The van der Waals surface area contributed by atoms with Crippen LogP contribution >= 0.6 is 0 Å². The molecule has 5 aromatic rings. The smallest absolute Gasteiger partial charge is 0.340 e. The van der Waals surface area contributed by atoms with Crippen LogP contribution in [-0.4, -0.2) is 33.1 Å². The summed E-state index contributed by atoms with van der Waals surface area (Å²) in [5, 5.41) is 4.99. The lowest BCUT2D eigenvalue weighted by atomic mass is 10.0. The fourth-order valence-electron chi connectivity index (χ4n) is 3.78. The minimum absolute atomic E-state index is 0.103. The molecule has 0 bridgehead atoms. The molecule has 1 amide bonds. The van der Waals surface area contributed by atoms with E-state index >= 15 is 0 Å². The number of aromatic amines is 1. The van der Waals surface area contributed by atoms with Gasteiger partial charge in [0.2, 0.25) is 11.7 Å². The Kier molecular flexibility index (Phi) is 5.89. The maximum Gasteiger partial charge on any atom is 0.340 e. The maximum atomic E-state index is 12.6. The number of rotatable bonds is 8. The van der Waals surface area contributed by atoms with Gasteiger partial charge in [0.1, 0.15) is 5.75 Å². The summed E-state index contributed by atoms with van der Waals surface area (Å²) >= 11 is 0. The first-order valence-electron chi connectivity index (χ1n) is 10.7. The molecular weight excluding hydrogens is 432 g/mol. The first kappa shape index (κ1) is 21.2. The molecule has 9 nitrogen and oxygen atoms in total. The van der Waals surface area contributed by atoms with Crippen molar-refractivity contribution in [2.75, 3.05) is 12.5 Å². The number of aromatic nitrogens is 4. The van der Waals surface area contributed by atoms with E-state index in [9.17, 15) is 4.79 Å². The van der Waals surface area contributed by atoms with Gasteiger partial charge in [-0.2, -0.15) is 4.98 Å². The van der Waals surface area contributed by atoms with E-state index in [1.54, 1.807) is 31.6 Å². The van der Waals surface area contributed by atoms with Crippen LogP contribution in [0.25, 0.3) is 33.5 Å². The molecule has 0 atom stereocenters. The number of hydrogen-bond donors (Lipinski definition) is 3. The van der Waals surface area contributed by atoms with E-state index in [2.05, 4.69) is 37.0 Å². The third-order valence-corrected chi connectivity index (χ3v) is 5.47. The minimum atomic E-state index is -0.199. The maximum absolute atomic E-state index is 12.6. The van der Waals surface area contributed by atoms with Crippen molar-refractivity contribution in [1.29, 1.82) is 0 Å². The largest absolute Gasteiger partial charge is 0.497 e. The molecule has 0 aliphatic heterocycles. The van der Waals surface area contributed by atoms with E-state index in [0.717, 1.165) is 39.0 Å². The number of para-hydroxylation sites is 1. The van der Waals surface area contributed by atoms with Crippen LogP contribution in [0.3, 0.4) is 0 Å². The van der Waals surface area contributed by atoms with Crippen LogP contribution in [-0.2, 0) is 11.2 Å². The Labute approximate surface area is 195 Å². The van der Waals surface area contributed by atoms with Crippen LogP contribution in [0.15, 0.2) is 77.6 Å². The molecule has 3 heterocycles. The summed E-state index contributed by atoms with van der Waals surface area (Å²) in [7, 11) is 1.64. The van der Waals surface area contributed by atoms with E-state index in [1.807, 2.05) is 42.5 Å². The second-order valence-corrected chi connectivity index (χ2v) is 7.58. The Balaban J connectivity index is 1.27. The summed E-state index contributed by atoms with van der Waals surface area (Å²) in [6, 6.07) is 19.6. The highest BCUT2D eigenvalue weighted by atomic mass is 16.5. The number of carbonyl (C=O) groups is 1. The van der Waals surface area contributed by atoms with Gasteiger partial charge in [0.05, 0.1) is 7.11 Å². The standard InChI is InChI=1S/C25H22N6O3/c1-33-18-8-6-16(7-9-18)23-20(19-4-2-3-5-21(19)27-23)10-11-22(32)29-30-25-28-24(31-34-25)17-12-14-26-15-13-17/h2-9,12-15,27H,10-11H2,1H3,(H,29,32)(H,28,30,31). The Morgan fingerprint density at radius 2 is 1.82 bits per heavy atom. The van der Waals surface area contributed by atoms with Gasteiger partial charge in [0.15, 0.2) is 0 Å². The van der Waals surface area contributed by atoms with Crippen LogP contribution in [0.1, 0.15) is 12.0 Å². The quantitative estimate of drug-likeness (QED) is 0.298. The predicted molar refractivity (Wildman–Crippen MR) is 128 cm³/mol. The second-order valence-electron chi connectivity index (χ2n) is 7.58. The number of amides is 1. The number of ether oxygens (including phenoxy) is 1. The molecule has 0 fully saturated rings. The number of carbonyl (C=O) groups excluding carboxylic acids is 1. The highest BCUT2D eigenvalue weighted by Gasteiger charge is 2.15. The van der Waals surface area contributed by atoms with Crippen molar-refractivity contribution < 1.29 is 14.1 Å². The average molecular weight is 454 g/mol. The third kappa shape index (κ3) is 4.44. The van der Waals surface area contributed by atoms with E-state index in [1.165, 1.54) is 0 Å². The Bertz CT molecular complexity index is 1410. The number of H-pyrrole nitrogens is 1. The summed E-state index contributed by atoms with van der Waals surface area (Å²) < 4.78 is 10.4. The number of methoxy groups -OCH3 is 1. The zero-order valence-corrected chi connectivity index (χ0v) is 18.4. The van der Waals surface area contributed by atoms with Gasteiger partial charge in [0, 0.05) is 41.0 Å². The number of nitrogens with zero attached hydrogens (tertiary/aromatic N) is 3. The number of nitrogens with one attached hydrogen (secondary N) is 3. The second kappa shape index (κ2) is 9.45. The Morgan fingerprint density at radius 1 is 1.03 bits per heavy atom. The van der Waals surface area contributed by atoms with Gasteiger partial charge in [-0.3, -0.25) is 15.2 Å². The van der Waals surface area contributed by atoms with E-state index < -0.39 is 0 Å². The molecule has 0 saturated heterocycles. The summed E-state index contributed by atoms with van der Waals surface area (Å²) in [6.07, 6.45) is 4.10. The molecule has 0 aliphatic rings. The molecule has 2 aromatic carbocycles. The molecule has 0 saturated carbocycles. The van der Waals surface area contributed by atoms with Crippen LogP contribution in [0.4, 0.5) is 6.01 Å². The first-order valence-corrected chi connectivity index (χ1v) is 10.7. The van der Waals surface area contributed by atoms with Gasteiger partial charge in [-0.05, 0) is 60.0 Å². The molecule has 0 spiro atoms. The van der Waals surface area contributed by atoms with Crippen molar-refractivity contribution >= 4 is 22.8 Å². The van der Waals surface area contributed by atoms with Crippen LogP contribution in [0.5, 0.6) is 5.75 Å². The molecule has 3 aromatic heterocycles. The minimum Gasteiger partial charge on any atom is -0.497 e. The van der Waals surface area contributed by atoms with Crippen molar-refractivity contribution in [3.63, 3.8) is 0 Å². The average Bonchev–Trinajstić information content (AvgIpc) is 3.52. The van der Waals surface area contributed by atoms with Crippen LogP contribution in [0.2, 0.25) is 0 Å². The molecule has 9 heteroatoms. The number of benzene rings is 2. The van der Waals surface area contributed by atoms with E-state index in [4.69, 9.17) is 9.26 Å². The predicted octanol–water partition coefficient (Wildman–Crippen LogP) is 4.36. The van der Waals surface area contributed by atoms with E-state index in [-0.39, 0.29) is 18.3 Å². The van der Waals surface area contributed by atoms with Gasteiger partial charge in [-0.1, -0.05) is 23.4 Å². The van der Waals surface area contributed by atoms with Crippen LogP contribution in [0, 0.1) is 0 Å². The molecule has 0 aliphatic carbocycles. The number of fused-ring (bicyclic) bond motifs is 1. The fraction of sp³-hybridized carbons (Fsp3) is 0.120. The summed E-state index contributed by atoms with van der Waals surface area (Å²) in [5.41, 5.74) is 10.2. The molecule has 34 heavy (non-hydrogen) atoms. The SMILES string of the molecule is COc1ccc(-c2[nH]c3ccccc3c2CCC(=O)NNc2nc(-c3ccncc3)no2)cc1. The lowest BCUT2D eigenvalue weighted by Crippen LogP contribution is -2.29. The fourth-order valence-corrected chi connectivity index (χ4v) is 3.78. The Hall–Kier alpha value is -4.66. The summed E-state index contributed by atoms with van der Waals surface area (Å²) in [6.45, 7) is 0. The van der Waals surface area contributed by atoms with Crippen molar-refractivity contribution in [1.82, 2.24) is 25.5 Å². The topological polar surface area (TPSA) is 118 Å². The van der Waals surface area contributed by atoms with Crippen LogP contribution < -0.4 is 15.6 Å². The van der Waals surface area contributed by atoms with Crippen molar-refractivity contribution in [2.24, 2.45) is 0 Å². The molecule has 0 radical (unpaired) electrons. The number of hydrogen-bond acceptors (Lipinski definition) is 7. The normalized spacial score (nSPS) is 10.9. The number of hydrazine groups is 1. The molecule has 170 valence electrons. The molecule has 3 N–H and O–H groups in total.